The van der Waals surface area contributed by atoms with Crippen LogP contribution in [-0.2, 0) is 9.53 Å². The van der Waals surface area contributed by atoms with Crippen molar-refractivity contribution < 1.29 is 9.53 Å². The Bertz CT molecular complexity index is 502. The minimum atomic E-state index is -1.01. The molecule has 0 spiro atoms. The van der Waals surface area contributed by atoms with Crippen molar-refractivity contribution in [3.05, 3.63) is 23.3 Å². The number of nitriles is 1. The number of nitrogens with zero attached hydrogens (tertiary/aromatic N) is 1. The van der Waals surface area contributed by atoms with E-state index in [0.29, 0.717) is 13.0 Å². The molecule has 0 aromatic carbocycles. The standard InChI is InChI=1S/C21H33NO2/c1-5-24-20(23)21(16-22,19-12-7-6-8-13-19)15-14-18(4)11-9-10-17(2)3/h10,14,19H,5-9,11-13,15H2,1-4H3/b18-14+. The van der Waals surface area contributed by atoms with Gasteiger partial charge in [-0.05, 0) is 65.7 Å². The molecule has 0 N–H and O–H groups in total. The Morgan fingerprint density at radius 2 is 1.88 bits per heavy atom. The molecule has 0 aliphatic heterocycles. The van der Waals surface area contributed by atoms with Crippen molar-refractivity contribution in [2.75, 3.05) is 6.61 Å². The van der Waals surface area contributed by atoms with Crippen LogP contribution >= 0.6 is 0 Å². The first-order valence-electron chi connectivity index (χ1n) is 9.33. The van der Waals surface area contributed by atoms with Crippen LogP contribution in [0.3, 0.4) is 0 Å². The van der Waals surface area contributed by atoms with Crippen molar-refractivity contribution in [1.29, 1.82) is 5.26 Å². The molecular weight excluding hydrogens is 298 g/mol. The van der Waals surface area contributed by atoms with E-state index in [1.54, 1.807) is 6.92 Å². The molecule has 0 heterocycles. The summed E-state index contributed by atoms with van der Waals surface area (Å²) in [6.07, 6.45) is 12.1. The van der Waals surface area contributed by atoms with Gasteiger partial charge in [-0.15, -0.1) is 0 Å². The lowest BCUT2D eigenvalue weighted by Crippen LogP contribution is -2.39. The molecule has 1 unspecified atom stereocenters. The number of carbonyl (C=O) groups is 1. The van der Waals surface area contributed by atoms with Gasteiger partial charge in [0, 0.05) is 0 Å². The molecule has 1 fully saturated rings. The Balaban J connectivity index is 2.90. The molecule has 1 aliphatic rings. The van der Waals surface area contributed by atoms with E-state index in [-0.39, 0.29) is 11.9 Å². The highest BCUT2D eigenvalue weighted by atomic mass is 16.5. The first kappa shape index (κ1) is 20.5. The molecule has 1 rings (SSSR count). The van der Waals surface area contributed by atoms with Gasteiger partial charge in [-0.1, -0.05) is 42.6 Å². The maximum absolute atomic E-state index is 12.6. The fourth-order valence-electron chi connectivity index (χ4n) is 3.48. The van der Waals surface area contributed by atoms with Gasteiger partial charge >= 0.3 is 5.97 Å². The second-order valence-corrected chi connectivity index (χ2v) is 7.21. The molecule has 1 aliphatic carbocycles. The van der Waals surface area contributed by atoms with Crippen molar-refractivity contribution in [2.45, 2.75) is 79.1 Å². The fourth-order valence-corrected chi connectivity index (χ4v) is 3.48. The largest absolute Gasteiger partial charge is 0.465 e. The van der Waals surface area contributed by atoms with Gasteiger partial charge in [-0.25, -0.2) is 0 Å². The third-order valence-electron chi connectivity index (χ3n) is 5.01. The van der Waals surface area contributed by atoms with Crippen LogP contribution in [0.25, 0.3) is 0 Å². The summed E-state index contributed by atoms with van der Waals surface area (Å²) in [5, 5.41) is 9.90. The van der Waals surface area contributed by atoms with Crippen molar-refractivity contribution >= 4 is 5.97 Å². The number of esters is 1. The normalized spacial score (nSPS) is 18.4. The van der Waals surface area contributed by atoms with E-state index in [1.165, 1.54) is 17.6 Å². The first-order valence-corrected chi connectivity index (χ1v) is 9.33. The molecular formula is C21H33NO2. The summed E-state index contributed by atoms with van der Waals surface area (Å²) < 4.78 is 5.30. The second-order valence-electron chi connectivity index (χ2n) is 7.21. The summed E-state index contributed by atoms with van der Waals surface area (Å²) >= 11 is 0. The van der Waals surface area contributed by atoms with Gasteiger partial charge in [0.2, 0.25) is 0 Å². The van der Waals surface area contributed by atoms with Crippen molar-refractivity contribution in [3.63, 3.8) is 0 Å². The van der Waals surface area contributed by atoms with E-state index >= 15 is 0 Å². The predicted octanol–water partition coefficient (Wildman–Crippen LogP) is 5.72. The van der Waals surface area contributed by atoms with Gasteiger partial charge in [0.15, 0.2) is 5.41 Å². The van der Waals surface area contributed by atoms with Gasteiger partial charge in [0.05, 0.1) is 12.7 Å². The molecule has 0 radical (unpaired) electrons. The van der Waals surface area contributed by atoms with Crippen molar-refractivity contribution in [1.82, 2.24) is 0 Å². The van der Waals surface area contributed by atoms with Gasteiger partial charge < -0.3 is 4.74 Å². The summed E-state index contributed by atoms with van der Waals surface area (Å²) in [5.41, 5.74) is 1.56. The zero-order valence-corrected chi connectivity index (χ0v) is 15.9. The molecule has 24 heavy (non-hydrogen) atoms. The zero-order chi connectivity index (χ0) is 18.0. The summed E-state index contributed by atoms with van der Waals surface area (Å²) in [6, 6.07) is 2.37. The quantitative estimate of drug-likeness (QED) is 0.422. The van der Waals surface area contributed by atoms with E-state index in [1.807, 2.05) is 0 Å². The topological polar surface area (TPSA) is 50.1 Å². The van der Waals surface area contributed by atoms with E-state index in [2.05, 4.69) is 39.0 Å². The Labute approximate surface area is 147 Å². The molecule has 3 nitrogen and oxygen atoms in total. The third-order valence-corrected chi connectivity index (χ3v) is 5.01. The van der Waals surface area contributed by atoms with Gasteiger partial charge in [-0.3, -0.25) is 4.79 Å². The van der Waals surface area contributed by atoms with Crippen LogP contribution in [-0.4, -0.2) is 12.6 Å². The maximum atomic E-state index is 12.6. The Morgan fingerprint density at radius 1 is 1.21 bits per heavy atom. The lowest BCUT2D eigenvalue weighted by Gasteiger charge is -2.34. The van der Waals surface area contributed by atoms with E-state index < -0.39 is 5.41 Å². The first-order chi connectivity index (χ1) is 11.5. The lowest BCUT2D eigenvalue weighted by molar-refractivity contribution is -0.155. The number of hydrogen-bond acceptors (Lipinski definition) is 3. The summed E-state index contributed by atoms with van der Waals surface area (Å²) in [7, 11) is 0. The van der Waals surface area contributed by atoms with Gasteiger partial charge in [-0.2, -0.15) is 5.26 Å². The van der Waals surface area contributed by atoms with Gasteiger partial charge in [0.25, 0.3) is 0 Å². The predicted molar refractivity (Wildman–Crippen MR) is 98.3 cm³/mol. The molecule has 0 bridgehead atoms. The van der Waals surface area contributed by atoms with Crippen LogP contribution in [0.15, 0.2) is 23.3 Å². The number of ether oxygens (including phenoxy) is 1. The Kier molecular flexibility index (Phi) is 8.82. The summed E-state index contributed by atoms with van der Waals surface area (Å²) in [4.78, 5) is 12.6. The highest BCUT2D eigenvalue weighted by Gasteiger charge is 2.46. The molecule has 3 heteroatoms. The van der Waals surface area contributed by atoms with E-state index in [4.69, 9.17) is 4.74 Å². The zero-order valence-electron chi connectivity index (χ0n) is 15.9. The summed E-state index contributed by atoms with van der Waals surface area (Å²) in [6.45, 7) is 8.43. The van der Waals surface area contributed by atoms with Crippen LogP contribution in [0, 0.1) is 22.7 Å². The average Bonchev–Trinajstić information content (AvgIpc) is 2.57. The third kappa shape index (κ3) is 5.82. The molecule has 134 valence electrons. The monoisotopic (exact) mass is 331 g/mol. The van der Waals surface area contributed by atoms with Crippen molar-refractivity contribution in [3.8, 4) is 6.07 Å². The molecule has 0 aromatic heterocycles. The van der Waals surface area contributed by atoms with E-state index in [0.717, 1.165) is 38.5 Å². The average molecular weight is 332 g/mol. The smallest absolute Gasteiger partial charge is 0.327 e. The lowest BCUT2D eigenvalue weighted by atomic mass is 9.67. The minimum Gasteiger partial charge on any atom is -0.465 e. The maximum Gasteiger partial charge on any atom is 0.327 e. The second kappa shape index (κ2) is 10.3. The van der Waals surface area contributed by atoms with Crippen LogP contribution < -0.4 is 0 Å². The van der Waals surface area contributed by atoms with Crippen LogP contribution in [0.4, 0.5) is 0 Å². The van der Waals surface area contributed by atoms with E-state index in [9.17, 15) is 10.1 Å². The minimum absolute atomic E-state index is 0.122. The van der Waals surface area contributed by atoms with Crippen molar-refractivity contribution in [2.24, 2.45) is 11.3 Å². The number of allylic oxidation sites excluding steroid dienone is 4. The number of hydrogen-bond donors (Lipinski definition) is 0. The fraction of sp³-hybridized carbons (Fsp3) is 0.714. The number of rotatable bonds is 8. The highest BCUT2D eigenvalue weighted by molar-refractivity contribution is 5.80. The molecule has 1 saturated carbocycles. The SMILES string of the molecule is CCOC(=O)C(C#N)(C/C=C(\C)CCC=C(C)C)C1CCCCC1. The Hall–Kier alpha value is -1.56. The molecule has 0 aromatic rings. The molecule has 0 amide bonds. The number of carbonyl (C=O) groups excluding carboxylic acids is 1. The summed E-state index contributed by atoms with van der Waals surface area (Å²) in [5.74, 6) is -0.204. The van der Waals surface area contributed by atoms with Crippen LogP contribution in [0.5, 0.6) is 0 Å². The van der Waals surface area contributed by atoms with Crippen LogP contribution in [0.2, 0.25) is 0 Å². The van der Waals surface area contributed by atoms with Crippen LogP contribution in [0.1, 0.15) is 79.1 Å². The van der Waals surface area contributed by atoms with Gasteiger partial charge in [0.1, 0.15) is 0 Å². The highest BCUT2D eigenvalue weighted by Crippen LogP contribution is 2.42. The molecule has 1 atom stereocenters. The Morgan fingerprint density at radius 3 is 2.42 bits per heavy atom. The molecule has 0 saturated heterocycles.